The molecule has 0 unspecified atom stereocenters. The number of thioether (sulfide) groups is 1. The molecule has 0 saturated carbocycles. The molecule has 1 aromatic carbocycles. The van der Waals surface area contributed by atoms with Crippen LogP contribution in [-0.2, 0) is 14.1 Å². The van der Waals surface area contributed by atoms with Gasteiger partial charge in [0.1, 0.15) is 10.4 Å². The van der Waals surface area contributed by atoms with Crippen molar-refractivity contribution in [2.24, 2.45) is 14.1 Å². The molecule has 0 aliphatic heterocycles. The molecule has 2 heterocycles. The third-order valence-electron chi connectivity index (χ3n) is 4.19. The minimum atomic E-state index is -0.433. The van der Waals surface area contributed by atoms with Gasteiger partial charge < -0.3 is 9.47 Å². The minimum Gasteiger partial charge on any atom is -0.493 e. The molecule has 0 aliphatic carbocycles. The normalized spacial score (nSPS) is 11.0. The van der Waals surface area contributed by atoms with Gasteiger partial charge in [0.2, 0.25) is 0 Å². The largest absolute Gasteiger partial charge is 0.493 e. The molecule has 27 heavy (non-hydrogen) atoms. The average Bonchev–Trinajstić information content (AvgIpc) is 2.69. The van der Waals surface area contributed by atoms with Crippen LogP contribution in [0, 0.1) is 0 Å². The predicted molar refractivity (Wildman–Crippen MR) is 105 cm³/mol. The summed E-state index contributed by atoms with van der Waals surface area (Å²) in [4.78, 5) is 34.1. The van der Waals surface area contributed by atoms with Crippen LogP contribution in [0.3, 0.4) is 0 Å². The van der Waals surface area contributed by atoms with Crippen LogP contribution < -0.4 is 20.7 Å². The summed E-state index contributed by atoms with van der Waals surface area (Å²) < 4.78 is 13.0. The Balaban J connectivity index is 2.36. The van der Waals surface area contributed by atoms with Gasteiger partial charge in [-0.1, -0.05) is 6.92 Å². The third kappa shape index (κ3) is 3.18. The van der Waals surface area contributed by atoms with Crippen molar-refractivity contribution in [3.05, 3.63) is 39.0 Å². The van der Waals surface area contributed by atoms with E-state index < -0.39 is 11.2 Å². The number of benzene rings is 1. The number of fused-ring (bicyclic) bond motifs is 1. The van der Waals surface area contributed by atoms with Gasteiger partial charge in [-0.3, -0.25) is 13.9 Å². The van der Waals surface area contributed by atoms with Gasteiger partial charge in [-0.05, 0) is 24.0 Å². The Hall–Kier alpha value is -2.81. The zero-order chi connectivity index (χ0) is 19.7. The first-order valence-electron chi connectivity index (χ1n) is 8.25. The monoisotopic (exact) mass is 388 g/mol. The van der Waals surface area contributed by atoms with E-state index in [1.54, 1.807) is 33.4 Å². The van der Waals surface area contributed by atoms with Gasteiger partial charge in [-0.25, -0.2) is 14.8 Å². The van der Waals surface area contributed by atoms with Crippen molar-refractivity contribution in [2.75, 3.05) is 20.0 Å². The van der Waals surface area contributed by atoms with E-state index in [1.165, 1.54) is 23.4 Å². The average molecular weight is 388 g/mol. The smallest absolute Gasteiger partial charge is 0.332 e. The molecule has 3 aromatic rings. The Kier molecular flexibility index (Phi) is 5.22. The molecule has 2 aromatic heterocycles. The van der Waals surface area contributed by atoms with Crippen molar-refractivity contribution in [2.45, 2.75) is 11.9 Å². The Labute approximate surface area is 159 Å². The molecular formula is C18H20N4O4S. The van der Waals surface area contributed by atoms with Crippen molar-refractivity contribution >= 4 is 22.8 Å². The molecule has 0 saturated heterocycles. The number of nitrogens with zero attached hydrogens (tertiary/aromatic N) is 4. The number of rotatable bonds is 5. The Morgan fingerprint density at radius 2 is 1.74 bits per heavy atom. The molecule has 0 bridgehead atoms. The van der Waals surface area contributed by atoms with Gasteiger partial charge in [0.15, 0.2) is 23.0 Å². The van der Waals surface area contributed by atoms with Crippen molar-refractivity contribution < 1.29 is 9.47 Å². The van der Waals surface area contributed by atoms with E-state index in [1.807, 2.05) is 13.0 Å². The highest BCUT2D eigenvalue weighted by atomic mass is 32.2. The molecule has 0 atom stereocenters. The summed E-state index contributed by atoms with van der Waals surface area (Å²) in [5.74, 6) is 2.26. The molecule has 0 aliphatic rings. The third-order valence-corrected chi connectivity index (χ3v) is 5.05. The fourth-order valence-corrected chi connectivity index (χ4v) is 3.52. The lowest BCUT2D eigenvalue weighted by molar-refractivity contribution is 0.355. The Morgan fingerprint density at radius 1 is 1.04 bits per heavy atom. The van der Waals surface area contributed by atoms with Crippen molar-refractivity contribution in [3.8, 4) is 22.9 Å². The minimum absolute atomic E-state index is 0.304. The molecule has 0 spiro atoms. The maximum atomic E-state index is 12.6. The number of methoxy groups -OCH3 is 2. The molecule has 0 radical (unpaired) electrons. The maximum absolute atomic E-state index is 12.6. The molecule has 0 amide bonds. The first kappa shape index (κ1) is 19.0. The van der Waals surface area contributed by atoms with Gasteiger partial charge in [-0.2, -0.15) is 0 Å². The Morgan fingerprint density at radius 3 is 2.37 bits per heavy atom. The second-order valence-corrected chi connectivity index (χ2v) is 7.01. The molecule has 8 nitrogen and oxygen atoms in total. The van der Waals surface area contributed by atoms with Gasteiger partial charge >= 0.3 is 5.69 Å². The summed E-state index contributed by atoms with van der Waals surface area (Å²) in [5.41, 5.74) is 0.166. The molecular weight excluding hydrogens is 368 g/mol. The summed E-state index contributed by atoms with van der Waals surface area (Å²) in [5, 5.41) is 0.888. The summed E-state index contributed by atoms with van der Waals surface area (Å²) >= 11 is 1.43. The fourth-order valence-electron chi connectivity index (χ4n) is 2.77. The standard InChI is InChI=1S/C18H20N4O4S/c1-6-27-16-13-15(21(2)18(24)22(3)17(13)23)19-14(20-16)10-7-8-11(25-4)12(9-10)26-5/h7-9H,6H2,1-5H3. The van der Waals surface area contributed by atoms with Crippen LogP contribution >= 0.6 is 11.8 Å². The van der Waals surface area contributed by atoms with Crippen LogP contribution in [-0.4, -0.2) is 39.1 Å². The van der Waals surface area contributed by atoms with Gasteiger partial charge in [-0.15, -0.1) is 11.8 Å². The lowest BCUT2D eigenvalue weighted by Gasteiger charge is -2.13. The van der Waals surface area contributed by atoms with Crippen LogP contribution in [0.4, 0.5) is 0 Å². The van der Waals surface area contributed by atoms with E-state index in [2.05, 4.69) is 9.97 Å². The summed E-state index contributed by atoms with van der Waals surface area (Å²) in [7, 11) is 6.16. The van der Waals surface area contributed by atoms with Crippen LogP contribution in [0.2, 0.25) is 0 Å². The van der Waals surface area contributed by atoms with Crippen molar-refractivity contribution in [3.63, 3.8) is 0 Å². The number of ether oxygens (including phenoxy) is 2. The van der Waals surface area contributed by atoms with Crippen LogP contribution in [0.5, 0.6) is 11.5 Å². The highest BCUT2D eigenvalue weighted by molar-refractivity contribution is 7.99. The SMILES string of the molecule is CCSc1nc(-c2ccc(OC)c(OC)c2)nc2c1c(=O)n(C)c(=O)n2C. The maximum Gasteiger partial charge on any atom is 0.332 e. The lowest BCUT2D eigenvalue weighted by atomic mass is 10.2. The van der Waals surface area contributed by atoms with Crippen LogP contribution in [0.25, 0.3) is 22.4 Å². The lowest BCUT2D eigenvalue weighted by Crippen LogP contribution is -2.37. The number of aryl methyl sites for hydroxylation is 1. The predicted octanol–water partition coefficient (Wildman–Crippen LogP) is 1.82. The van der Waals surface area contributed by atoms with Gasteiger partial charge in [0.25, 0.3) is 5.56 Å². The number of aromatic nitrogens is 4. The molecule has 142 valence electrons. The van der Waals surface area contributed by atoms with E-state index in [4.69, 9.17) is 9.47 Å². The first-order valence-corrected chi connectivity index (χ1v) is 9.24. The molecule has 3 rings (SSSR count). The zero-order valence-electron chi connectivity index (χ0n) is 15.8. The molecule has 0 N–H and O–H groups in total. The van der Waals surface area contributed by atoms with Crippen molar-refractivity contribution in [1.29, 1.82) is 0 Å². The van der Waals surface area contributed by atoms with E-state index in [0.29, 0.717) is 38.9 Å². The van der Waals surface area contributed by atoms with Crippen LogP contribution in [0.15, 0.2) is 32.8 Å². The Bertz CT molecular complexity index is 1140. The van der Waals surface area contributed by atoms with Gasteiger partial charge in [0, 0.05) is 19.7 Å². The molecule has 9 heteroatoms. The topological polar surface area (TPSA) is 88.2 Å². The number of hydrogen-bond donors (Lipinski definition) is 0. The molecule has 0 fully saturated rings. The van der Waals surface area contributed by atoms with E-state index in [9.17, 15) is 9.59 Å². The summed E-state index contributed by atoms with van der Waals surface area (Å²) in [6.07, 6.45) is 0. The highest BCUT2D eigenvalue weighted by Crippen LogP contribution is 2.32. The summed E-state index contributed by atoms with van der Waals surface area (Å²) in [6, 6.07) is 5.33. The second-order valence-electron chi connectivity index (χ2n) is 5.76. The quantitative estimate of drug-likeness (QED) is 0.487. The second kappa shape index (κ2) is 7.43. The van der Waals surface area contributed by atoms with Crippen LogP contribution in [0.1, 0.15) is 6.92 Å². The summed E-state index contributed by atoms with van der Waals surface area (Å²) in [6.45, 7) is 1.97. The first-order chi connectivity index (χ1) is 12.9. The highest BCUT2D eigenvalue weighted by Gasteiger charge is 2.18. The van der Waals surface area contributed by atoms with E-state index >= 15 is 0 Å². The fraction of sp³-hybridized carbons (Fsp3) is 0.333. The zero-order valence-corrected chi connectivity index (χ0v) is 16.6. The van der Waals surface area contributed by atoms with E-state index in [-0.39, 0.29) is 0 Å². The van der Waals surface area contributed by atoms with E-state index in [0.717, 1.165) is 10.3 Å². The number of hydrogen-bond acceptors (Lipinski definition) is 7. The van der Waals surface area contributed by atoms with Crippen molar-refractivity contribution in [1.82, 2.24) is 19.1 Å². The van der Waals surface area contributed by atoms with Gasteiger partial charge in [0.05, 0.1) is 14.2 Å².